The number of β-amino-alcohol motifs (C(OH)–C–C–N with tert-alkyl or cyclic N) is 1. The van der Waals surface area contributed by atoms with Crippen LogP contribution in [0.3, 0.4) is 0 Å². The zero-order valence-electron chi connectivity index (χ0n) is 12.9. The summed E-state index contributed by atoms with van der Waals surface area (Å²) in [6, 6.07) is -0.372. The van der Waals surface area contributed by atoms with Crippen LogP contribution in [0, 0.1) is 0 Å². The lowest BCUT2D eigenvalue weighted by Crippen LogP contribution is -2.43. The van der Waals surface area contributed by atoms with Gasteiger partial charge in [0.05, 0.1) is 23.7 Å². The Kier molecular flexibility index (Phi) is 5.15. The summed E-state index contributed by atoms with van der Waals surface area (Å²) in [6.45, 7) is 4.37. The fraction of sp³-hybridized carbons (Fsp3) is 0.643. The molecule has 2 rings (SSSR count). The van der Waals surface area contributed by atoms with Crippen LogP contribution in [-0.2, 0) is 4.79 Å². The second kappa shape index (κ2) is 6.72. The lowest BCUT2D eigenvalue weighted by molar-refractivity contribution is -0.138. The number of aromatic nitrogens is 1. The van der Waals surface area contributed by atoms with Crippen LogP contribution >= 0.6 is 11.3 Å². The van der Waals surface area contributed by atoms with E-state index in [1.54, 1.807) is 17.3 Å². The summed E-state index contributed by atoms with van der Waals surface area (Å²) in [5, 5.41) is 21.6. The van der Waals surface area contributed by atoms with E-state index in [0.717, 1.165) is 5.01 Å². The van der Waals surface area contributed by atoms with Crippen molar-refractivity contribution in [1.29, 1.82) is 0 Å². The van der Waals surface area contributed by atoms with Crippen molar-refractivity contribution in [2.45, 2.75) is 31.9 Å². The zero-order valence-corrected chi connectivity index (χ0v) is 13.7. The highest BCUT2D eigenvalue weighted by atomic mass is 32.1. The molecule has 8 heteroatoms. The van der Waals surface area contributed by atoms with Crippen molar-refractivity contribution in [2.24, 2.45) is 0 Å². The highest BCUT2D eigenvalue weighted by Gasteiger charge is 2.37. The topological polar surface area (TPSA) is 94.0 Å². The number of carbonyl (C=O) groups excluding carboxylic acids is 1. The molecule has 0 saturated carbocycles. The molecule has 1 fully saturated rings. The molecule has 1 aromatic heterocycles. The fourth-order valence-electron chi connectivity index (χ4n) is 2.51. The minimum Gasteiger partial charge on any atom is -0.480 e. The van der Waals surface area contributed by atoms with E-state index in [2.05, 4.69) is 4.98 Å². The molecule has 1 amide bonds. The predicted octanol–water partition coefficient (Wildman–Crippen LogP) is 0.468. The minimum atomic E-state index is -0.958. The van der Waals surface area contributed by atoms with E-state index < -0.39 is 12.1 Å². The molecular weight excluding hydrogens is 306 g/mol. The van der Waals surface area contributed by atoms with Crippen molar-refractivity contribution >= 4 is 23.2 Å². The Morgan fingerprint density at radius 3 is 2.73 bits per heavy atom. The van der Waals surface area contributed by atoms with Crippen LogP contribution in [0.1, 0.15) is 35.3 Å². The molecule has 0 unspecified atom stereocenters. The van der Waals surface area contributed by atoms with Crippen LogP contribution in [-0.4, -0.2) is 75.7 Å². The van der Waals surface area contributed by atoms with E-state index in [1.807, 2.05) is 13.8 Å². The molecule has 1 aliphatic rings. The molecule has 22 heavy (non-hydrogen) atoms. The van der Waals surface area contributed by atoms with Crippen molar-refractivity contribution in [3.8, 4) is 0 Å². The van der Waals surface area contributed by atoms with Gasteiger partial charge < -0.3 is 15.1 Å². The number of carboxylic acids is 1. The van der Waals surface area contributed by atoms with Crippen molar-refractivity contribution in [3.05, 3.63) is 16.1 Å². The monoisotopic (exact) mass is 327 g/mol. The van der Waals surface area contributed by atoms with E-state index in [1.165, 1.54) is 16.2 Å². The molecule has 1 aliphatic heterocycles. The third-order valence-electron chi connectivity index (χ3n) is 3.73. The molecule has 7 nitrogen and oxygen atoms in total. The normalized spacial score (nSPS) is 21.8. The van der Waals surface area contributed by atoms with Gasteiger partial charge >= 0.3 is 5.97 Å². The molecule has 2 N–H and O–H groups in total. The maximum atomic E-state index is 12.4. The van der Waals surface area contributed by atoms with Crippen LogP contribution in [0.25, 0.3) is 0 Å². The van der Waals surface area contributed by atoms with Crippen LogP contribution < -0.4 is 0 Å². The number of carboxylic acid groups (broad SMARTS) is 1. The van der Waals surface area contributed by atoms with Crippen molar-refractivity contribution < 1.29 is 19.8 Å². The van der Waals surface area contributed by atoms with E-state index in [0.29, 0.717) is 12.2 Å². The van der Waals surface area contributed by atoms with Gasteiger partial charge in [0.15, 0.2) is 0 Å². The second-order valence-corrected chi connectivity index (χ2v) is 6.77. The third-order valence-corrected chi connectivity index (χ3v) is 4.88. The second-order valence-electron chi connectivity index (χ2n) is 5.88. The average molecular weight is 327 g/mol. The van der Waals surface area contributed by atoms with Crippen molar-refractivity contribution in [3.63, 3.8) is 0 Å². The number of thiazole rings is 1. The molecule has 2 atom stereocenters. The van der Waals surface area contributed by atoms with Gasteiger partial charge in [0.25, 0.3) is 5.91 Å². The van der Waals surface area contributed by atoms with Crippen molar-refractivity contribution in [2.75, 3.05) is 26.7 Å². The lowest BCUT2D eigenvalue weighted by Gasteiger charge is -2.24. The van der Waals surface area contributed by atoms with Gasteiger partial charge in [0.1, 0.15) is 5.69 Å². The zero-order chi connectivity index (χ0) is 16.4. The number of amides is 1. The number of likely N-dealkylation sites (N-methyl/N-ethyl adjacent to an activating group) is 1. The number of likely N-dealkylation sites (tertiary alicyclic amines) is 1. The Labute approximate surface area is 133 Å². The standard InChI is InChI=1S/C14H21N3O4S/c1-8(2)13-15-9(7-22-13)14(21)17-4-10(11(18)5-17)16(3)6-12(19)20/h7-8,10-11,18H,4-6H2,1-3H3,(H,19,20)/t10-,11-/m1/s1. The molecule has 0 spiro atoms. The van der Waals surface area contributed by atoms with Crippen LogP contribution in [0.5, 0.6) is 0 Å². The van der Waals surface area contributed by atoms with Crippen LogP contribution in [0.2, 0.25) is 0 Å². The van der Waals surface area contributed by atoms with E-state index in [9.17, 15) is 14.7 Å². The number of rotatable bonds is 5. The molecule has 0 aromatic carbocycles. The Hall–Kier alpha value is -1.51. The van der Waals surface area contributed by atoms with Gasteiger partial charge in [-0.3, -0.25) is 14.5 Å². The molecule has 0 radical (unpaired) electrons. The van der Waals surface area contributed by atoms with Gasteiger partial charge in [-0.05, 0) is 7.05 Å². The fourth-order valence-corrected chi connectivity index (χ4v) is 3.32. The highest BCUT2D eigenvalue weighted by Crippen LogP contribution is 2.22. The number of carbonyl (C=O) groups is 2. The summed E-state index contributed by atoms with van der Waals surface area (Å²) >= 11 is 1.45. The van der Waals surface area contributed by atoms with Gasteiger partial charge in [0, 0.05) is 24.4 Å². The molecular formula is C14H21N3O4S. The molecule has 0 aliphatic carbocycles. The first-order valence-corrected chi connectivity index (χ1v) is 8.02. The van der Waals surface area contributed by atoms with Crippen LogP contribution in [0.15, 0.2) is 5.38 Å². The van der Waals surface area contributed by atoms with Gasteiger partial charge in [-0.1, -0.05) is 13.8 Å². The largest absolute Gasteiger partial charge is 0.480 e. The average Bonchev–Trinajstić information content (AvgIpc) is 3.03. The van der Waals surface area contributed by atoms with Gasteiger partial charge in [-0.15, -0.1) is 11.3 Å². The SMILES string of the molecule is CC(C)c1nc(C(=O)N2C[C@@H](O)[C@H](N(C)CC(=O)O)C2)cs1. The first kappa shape index (κ1) is 16.9. The highest BCUT2D eigenvalue weighted by molar-refractivity contribution is 7.09. The summed E-state index contributed by atoms with van der Waals surface area (Å²) < 4.78 is 0. The Bertz CT molecular complexity index is 560. The van der Waals surface area contributed by atoms with Gasteiger partial charge in [-0.2, -0.15) is 0 Å². The summed E-state index contributed by atoms with van der Waals surface area (Å²) in [7, 11) is 1.63. The third kappa shape index (κ3) is 3.63. The number of aliphatic carboxylic acids is 1. The number of aliphatic hydroxyl groups is 1. The molecule has 2 heterocycles. The first-order valence-electron chi connectivity index (χ1n) is 7.14. The van der Waals surface area contributed by atoms with Gasteiger partial charge in [0.2, 0.25) is 0 Å². The number of hydrogen-bond donors (Lipinski definition) is 2. The van der Waals surface area contributed by atoms with Gasteiger partial charge in [-0.25, -0.2) is 4.98 Å². The lowest BCUT2D eigenvalue weighted by atomic mass is 10.2. The summed E-state index contributed by atoms with van der Waals surface area (Å²) in [6.07, 6.45) is -0.753. The van der Waals surface area contributed by atoms with Crippen LogP contribution in [0.4, 0.5) is 0 Å². The van der Waals surface area contributed by atoms with E-state index in [4.69, 9.17) is 5.11 Å². The maximum Gasteiger partial charge on any atom is 0.317 e. The number of nitrogens with zero attached hydrogens (tertiary/aromatic N) is 3. The Morgan fingerprint density at radius 2 is 2.18 bits per heavy atom. The maximum absolute atomic E-state index is 12.4. The predicted molar refractivity (Wildman–Crippen MR) is 82.2 cm³/mol. The molecule has 1 saturated heterocycles. The van der Waals surface area contributed by atoms with E-state index in [-0.39, 0.29) is 31.0 Å². The molecule has 0 bridgehead atoms. The summed E-state index contributed by atoms with van der Waals surface area (Å²) in [5.41, 5.74) is 0.391. The first-order chi connectivity index (χ1) is 10.3. The smallest absolute Gasteiger partial charge is 0.317 e. The molecule has 1 aromatic rings. The quantitative estimate of drug-likeness (QED) is 0.816. The number of hydrogen-bond acceptors (Lipinski definition) is 6. The Balaban J connectivity index is 2.04. The summed E-state index contributed by atoms with van der Waals surface area (Å²) in [4.78, 5) is 30.6. The van der Waals surface area contributed by atoms with Crippen molar-refractivity contribution in [1.82, 2.24) is 14.8 Å². The molecule has 122 valence electrons. The summed E-state index contributed by atoms with van der Waals surface area (Å²) in [5.74, 6) is -0.904. The van der Waals surface area contributed by atoms with E-state index >= 15 is 0 Å². The number of aliphatic hydroxyl groups excluding tert-OH is 1. The minimum absolute atomic E-state index is 0.169. The Morgan fingerprint density at radius 1 is 1.50 bits per heavy atom.